The second-order valence-corrected chi connectivity index (χ2v) is 10.0. The fourth-order valence-electron chi connectivity index (χ4n) is 3.46. The number of nitrogens with one attached hydrogen (secondary N) is 1. The van der Waals surface area contributed by atoms with E-state index in [1.807, 2.05) is 37.8 Å². The number of rotatable bonds is 12. The maximum absolute atomic E-state index is 12.5. The first-order valence-corrected chi connectivity index (χ1v) is 13.3. The molecule has 2 atom stereocenters. The summed E-state index contributed by atoms with van der Waals surface area (Å²) in [5, 5.41) is 11.3. The van der Waals surface area contributed by atoms with Crippen LogP contribution in [0.5, 0.6) is 0 Å². The molecular weight excluding hydrogens is 492 g/mol. The van der Waals surface area contributed by atoms with Gasteiger partial charge in [0.1, 0.15) is 6.67 Å². The fraction of sp³-hybridized carbons (Fsp3) is 0.500. The lowest BCUT2D eigenvalue weighted by molar-refractivity contribution is 0.251. The first-order chi connectivity index (χ1) is 15.5. The molecule has 1 aromatic heterocycles. The number of piperidine rings is 1. The molecule has 0 saturated carbocycles. The van der Waals surface area contributed by atoms with Crippen LogP contribution >= 0.6 is 15.9 Å². The van der Waals surface area contributed by atoms with E-state index in [1.165, 1.54) is 5.41 Å². The summed E-state index contributed by atoms with van der Waals surface area (Å²) in [7, 11) is -1.51. The first-order valence-electron chi connectivity index (χ1n) is 10.7. The zero-order chi connectivity index (χ0) is 23.2. The lowest BCUT2D eigenvalue weighted by Crippen LogP contribution is -2.41. The zero-order valence-corrected chi connectivity index (χ0v) is 21.1. The van der Waals surface area contributed by atoms with Crippen LogP contribution in [-0.2, 0) is 16.6 Å². The highest BCUT2D eigenvalue weighted by molar-refractivity contribution is 9.09. The van der Waals surface area contributed by atoms with Crippen molar-refractivity contribution < 1.29 is 8.42 Å². The van der Waals surface area contributed by atoms with Crippen molar-refractivity contribution in [2.75, 3.05) is 32.1 Å². The summed E-state index contributed by atoms with van der Waals surface area (Å²) >= 11 is 3.31. The normalized spacial score (nSPS) is 19.4. The quantitative estimate of drug-likeness (QED) is 0.257. The first kappa shape index (κ1) is 26.2. The van der Waals surface area contributed by atoms with Gasteiger partial charge in [0.25, 0.3) is 0 Å². The molecule has 176 valence electrons. The van der Waals surface area contributed by atoms with Crippen molar-refractivity contribution in [2.24, 2.45) is 21.9 Å². The summed E-state index contributed by atoms with van der Waals surface area (Å²) in [4.78, 5) is 8.69. The van der Waals surface area contributed by atoms with E-state index in [4.69, 9.17) is 0 Å². The molecule has 1 fully saturated rings. The Kier molecular flexibility index (Phi) is 11.6. The molecule has 1 aliphatic heterocycles. The number of nitrogens with zero attached hydrogens (tertiary/aromatic N) is 5. The Morgan fingerprint density at radius 3 is 3.03 bits per heavy atom. The van der Waals surface area contributed by atoms with E-state index in [-0.39, 0.29) is 11.8 Å². The number of aromatic nitrogens is 1. The Labute approximate surface area is 200 Å². The molecule has 0 aromatic carbocycles. The lowest BCUT2D eigenvalue weighted by Gasteiger charge is -2.33. The van der Waals surface area contributed by atoms with Crippen molar-refractivity contribution in [3.8, 4) is 0 Å². The van der Waals surface area contributed by atoms with Gasteiger partial charge in [0, 0.05) is 68.2 Å². The average molecular weight is 526 g/mol. The summed E-state index contributed by atoms with van der Waals surface area (Å²) in [5.41, 5.74) is 1.09. The molecule has 8 nitrogen and oxygen atoms in total. The molecule has 0 radical (unpaired) electrons. The van der Waals surface area contributed by atoms with Crippen LogP contribution in [0.1, 0.15) is 25.3 Å². The van der Waals surface area contributed by atoms with Gasteiger partial charge in [-0.05, 0) is 43.5 Å². The van der Waals surface area contributed by atoms with Crippen LogP contribution in [0.15, 0.2) is 58.4 Å². The molecule has 1 N–H and O–H groups in total. The van der Waals surface area contributed by atoms with E-state index >= 15 is 0 Å². The Morgan fingerprint density at radius 2 is 2.31 bits per heavy atom. The van der Waals surface area contributed by atoms with Crippen LogP contribution in [0.3, 0.4) is 0 Å². The van der Waals surface area contributed by atoms with Gasteiger partial charge in [0.15, 0.2) is 0 Å². The molecule has 2 rings (SSSR count). The number of halogens is 1. The monoisotopic (exact) mass is 524 g/mol. The van der Waals surface area contributed by atoms with Crippen LogP contribution in [0, 0.1) is 11.8 Å². The summed E-state index contributed by atoms with van der Waals surface area (Å²) in [6.45, 7) is 3.86. The Bertz CT molecular complexity index is 889. The fourth-order valence-corrected chi connectivity index (χ4v) is 4.89. The number of hydrogen-bond donors (Lipinski definition) is 1. The number of pyridine rings is 1. The van der Waals surface area contributed by atoms with E-state index in [1.54, 1.807) is 34.7 Å². The minimum absolute atomic E-state index is 0.00793. The highest BCUT2D eigenvalue weighted by Crippen LogP contribution is 2.26. The molecular formula is C22H33BrN6O2S. The average Bonchev–Trinajstić information content (AvgIpc) is 2.80. The number of aliphatic imine (C=N–C) groups is 1. The summed E-state index contributed by atoms with van der Waals surface area (Å²) in [5.74, 6) is 0.161. The second kappa shape index (κ2) is 14.2. The van der Waals surface area contributed by atoms with Gasteiger partial charge in [-0.1, -0.05) is 34.1 Å². The van der Waals surface area contributed by atoms with Gasteiger partial charge in [-0.15, -0.1) is 0 Å². The number of hydrogen-bond acceptors (Lipinski definition) is 7. The SMILES string of the molecule is C/C=C/S(=O)(=O)N1CCCC(C(C=NCN(C)/N=C\CBr)/C=C/NCc2cccnc2)C1. The van der Waals surface area contributed by atoms with E-state index in [2.05, 4.69) is 42.4 Å². The number of hydrazone groups is 1. The van der Waals surface area contributed by atoms with Crippen molar-refractivity contribution in [3.05, 3.63) is 53.8 Å². The largest absolute Gasteiger partial charge is 0.387 e. The standard InChI is InChI=1S/C22H33BrN6O2S/c1-3-14-32(30,31)29-13-5-7-22(18-29)21(17-26-19-28(2)27-12-9-23)8-11-25-16-20-6-4-10-24-15-20/h3-4,6,8,10-12,14-15,17,21-22,25H,5,7,9,13,16,18-19H2,1-2H3/b11-8+,14-3+,26-17?,27-12-. The number of alkyl halides is 1. The third-order valence-electron chi connectivity index (χ3n) is 5.01. The highest BCUT2D eigenvalue weighted by atomic mass is 79.9. The van der Waals surface area contributed by atoms with E-state index < -0.39 is 10.0 Å². The molecule has 2 heterocycles. The maximum atomic E-state index is 12.5. The van der Waals surface area contributed by atoms with Gasteiger partial charge < -0.3 is 5.32 Å². The molecule has 0 spiro atoms. The minimum atomic E-state index is -3.38. The molecule has 0 aliphatic carbocycles. The van der Waals surface area contributed by atoms with E-state index in [0.717, 1.165) is 18.4 Å². The molecule has 0 amide bonds. The number of allylic oxidation sites excluding steroid dienone is 2. The van der Waals surface area contributed by atoms with Gasteiger partial charge in [-0.25, -0.2) is 8.42 Å². The summed E-state index contributed by atoms with van der Waals surface area (Å²) < 4.78 is 26.6. The number of sulfonamides is 1. The highest BCUT2D eigenvalue weighted by Gasteiger charge is 2.30. The van der Waals surface area contributed by atoms with Gasteiger partial charge in [-0.3, -0.25) is 15.0 Å². The Morgan fingerprint density at radius 1 is 1.47 bits per heavy atom. The van der Waals surface area contributed by atoms with Crippen molar-refractivity contribution in [1.29, 1.82) is 0 Å². The predicted molar refractivity (Wildman–Crippen MR) is 135 cm³/mol. The minimum Gasteiger partial charge on any atom is -0.387 e. The zero-order valence-electron chi connectivity index (χ0n) is 18.7. The van der Waals surface area contributed by atoms with Gasteiger partial charge >= 0.3 is 0 Å². The third-order valence-corrected chi connectivity index (χ3v) is 6.97. The smallest absolute Gasteiger partial charge is 0.235 e. The Balaban J connectivity index is 2.07. The molecule has 1 saturated heterocycles. The topological polar surface area (TPSA) is 90.3 Å². The Hall–Kier alpha value is -2.04. The second-order valence-electron chi connectivity index (χ2n) is 7.54. The summed E-state index contributed by atoms with van der Waals surface area (Å²) in [6, 6.07) is 3.92. The lowest BCUT2D eigenvalue weighted by atomic mass is 9.87. The van der Waals surface area contributed by atoms with Crippen LogP contribution in [0.25, 0.3) is 0 Å². The molecule has 32 heavy (non-hydrogen) atoms. The molecule has 2 unspecified atom stereocenters. The van der Waals surface area contributed by atoms with Crippen LogP contribution < -0.4 is 5.32 Å². The van der Waals surface area contributed by atoms with Crippen LogP contribution in [0.4, 0.5) is 0 Å². The van der Waals surface area contributed by atoms with Crippen molar-refractivity contribution in [1.82, 2.24) is 19.6 Å². The van der Waals surface area contributed by atoms with Gasteiger partial charge in [0.05, 0.1) is 0 Å². The van der Waals surface area contributed by atoms with Gasteiger partial charge in [0.2, 0.25) is 10.0 Å². The third kappa shape index (κ3) is 9.22. The summed E-state index contributed by atoms with van der Waals surface area (Å²) in [6.07, 6.45) is 14.6. The van der Waals surface area contributed by atoms with Crippen LogP contribution in [0.2, 0.25) is 0 Å². The molecule has 0 bridgehead atoms. The molecule has 1 aliphatic rings. The van der Waals surface area contributed by atoms with Crippen molar-refractivity contribution in [3.63, 3.8) is 0 Å². The maximum Gasteiger partial charge on any atom is 0.235 e. The van der Waals surface area contributed by atoms with Gasteiger partial charge in [-0.2, -0.15) is 9.41 Å². The molecule has 10 heteroatoms. The van der Waals surface area contributed by atoms with Crippen LogP contribution in [-0.4, -0.2) is 67.3 Å². The van der Waals surface area contributed by atoms with Crippen molar-refractivity contribution in [2.45, 2.75) is 26.3 Å². The van der Waals surface area contributed by atoms with E-state index in [0.29, 0.717) is 31.6 Å². The van der Waals surface area contributed by atoms with E-state index in [9.17, 15) is 8.42 Å². The molecule has 1 aromatic rings. The van der Waals surface area contributed by atoms with Crippen molar-refractivity contribution >= 4 is 38.4 Å². The predicted octanol–water partition coefficient (Wildman–Crippen LogP) is 3.22.